The van der Waals surface area contributed by atoms with Crippen molar-refractivity contribution in [3.05, 3.63) is 41.1 Å². The Morgan fingerprint density at radius 3 is 2.27 bits per heavy atom. The van der Waals surface area contributed by atoms with Crippen LogP contribution in [-0.2, 0) is 11.2 Å². The van der Waals surface area contributed by atoms with Crippen LogP contribution >= 0.6 is 0 Å². The van der Waals surface area contributed by atoms with E-state index in [1.54, 1.807) is 0 Å². The fourth-order valence-corrected chi connectivity index (χ4v) is 4.74. The van der Waals surface area contributed by atoms with Gasteiger partial charge < -0.3 is 11.5 Å². The van der Waals surface area contributed by atoms with Gasteiger partial charge in [0.1, 0.15) is 17.2 Å². The number of hydrogen-bond donors (Lipinski definition) is 2. The van der Waals surface area contributed by atoms with Crippen molar-refractivity contribution in [3.63, 3.8) is 0 Å². The quantitative estimate of drug-likeness (QED) is 0.758. The highest BCUT2D eigenvalue weighted by Crippen LogP contribution is 2.50. The van der Waals surface area contributed by atoms with E-state index in [0.29, 0.717) is 0 Å². The minimum Gasteiger partial charge on any atom is -0.365 e. The average molecular weight is 367 g/mol. The van der Waals surface area contributed by atoms with E-state index in [-0.39, 0.29) is 48.0 Å². The number of fused-ring (bicyclic) bond motifs is 2. The Labute approximate surface area is 150 Å². The maximum atomic E-state index is 14.3. The second kappa shape index (κ2) is 7.39. The minimum absolute atomic E-state index is 0.0196. The summed E-state index contributed by atoms with van der Waals surface area (Å²) in [6.07, 6.45) is 5.52. The van der Waals surface area contributed by atoms with Gasteiger partial charge in [-0.25, -0.2) is 13.2 Å². The zero-order valence-electron chi connectivity index (χ0n) is 14.3. The molecule has 1 radical (unpaired) electrons. The Hall–Kier alpha value is -1.89. The van der Waals surface area contributed by atoms with Gasteiger partial charge in [0.25, 0.3) is 5.91 Å². The molecule has 4 atom stereocenters. The van der Waals surface area contributed by atoms with Gasteiger partial charge in [-0.15, -0.1) is 0 Å². The first-order valence-electron chi connectivity index (χ1n) is 8.85. The van der Waals surface area contributed by atoms with Crippen LogP contribution < -0.4 is 11.5 Å². The molecule has 26 heavy (non-hydrogen) atoms. The summed E-state index contributed by atoms with van der Waals surface area (Å²) in [5, 5.41) is 0. The maximum absolute atomic E-state index is 14.3. The van der Waals surface area contributed by atoms with E-state index in [1.807, 2.05) is 6.42 Å². The molecule has 2 aliphatic carbocycles. The van der Waals surface area contributed by atoms with Crippen LogP contribution in [0.2, 0.25) is 0 Å². The third-order valence-corrected chi connectivity index (χ3v) is 5.86. The molecule has 3 rings (SSSR count). The maximum Gasteiger partial charge on any atom is 0.254 e. The number of hydrogen-bond acceptors (Lipinski definition) is 3. The largest absolute Gasteiger partial charge is 0.365 e. The smallest absolute Gasteiger partial charge is 0.254 e. The molecule has 2 fully saturated rings. The van der Waals surface area contributed by atoms with E-state index in [0.717, 1.165) is 31.7 Å². The number of Topliss-reactive ketones (excluding diaryl/α,β-unsaturated/α-hetero) is 1. The van der Waals surface area contributed by atoms with Crippen molar-refractivity contribution < 1.29 is 22.8 Å². The molecule has 0 saturated heterocycles. The van der Waals surface area contributed by atoms with E-state index >= 15 is 0 Å². The number of ketones is 1. The lowest BCUT2D eigenvalue weighted by molar-refractivity contribution is -0.125. The van der Waals surface area contributed by atoms with Crippen LogP contribution in [0.1, 0.15) is 41.6 Å². The first kappa shape index (κ1) is 18.9. The minimum atomic E-state index is -1.56. The Bertz CT molecular complexity index is 724. The second-order valence-electron chi connectivity index (χ2n) is 7.35. The van der Waals surface area contributed by atoms with Crippen molar-refractivity contribution in [1.29, 1.82) is 0 Å². The number of benzene rings is 1. The van der Waals surface area contributed by atoms with Crippen molar-refractivity contribution in [2.24, 2.45) is 35.1 Å². The average Bonchev–Trinajstić information content (AvgIpc) is 2.86. The van der Waals surface area contributed by atoms with Crippen LogP contribution in [0.15, 0.2) is 6.07 Å². The molecule has 2 aliphatic rings. The van der Waals surface area contributed by atoms with Crippen molar-refractivity contribution in [2.75, 3.05) is 6.54 Å². The first-order chi connectivity index (χ1) is 12.3. The van der Waals surface area contributed by atoms with Crippen LogP contribution in [0.25, 0.3) is 0 Å². The summed E-state index contributed by atoms with van der Waals surface area (Å²) in [6, 6.07) is 0.770. The van der Waals surface area contributed by atoms with E-state index in [1.165, 1.54) is 0 Å². The summed E-state index contributed by atoms with van der Waals surface area (Å²) in [5.41, 5.74) is 9.33. The summed E-state index contributed by atoms with van der Waals surface area (Å²) in [7, 11) is 0. The van der Waals surface area contributed by atoms with Gasteiger partial charge in [0.15, 0.2) is 11.6 Å². The molecular weight excluding hydrogens is 345 g/mol. The number of halogens is 3. The van der Waals surface area contributed by atoms with Gasteiger partial charge in [0.2, 0.25) is 0 Å². The predicted molar refractivity (Wildman–Crippen MR) is 89.3 cm³/mol. The topological polar surface area (TPSA) is 86.2 Å². The Kier molecular flexibility index (Phi) is 5.37. The summed E-state index contributed by atoms with van der Waals surface area (Å²) in [4.78, 5) is 23.2. The van der Waals surface area contributed by atoms with Gasteiger partial charge in [-0.2, -0.15) is 0 Å². The lowest BCUT2D eigenvalue weighted by Gasteiger charge is -2.34. The van der Waals surface area contributed by atoms with Crippen LogP contribution in [0.5, 0.6) is 0 Å². The predicted octanol–water partition coefficient (Wildman–Crippen LogP) is 2.53. The molecule has 1 aromatic rings. The van der Waals surface area contributed by atoms with Gasteiger partial charge >= 0.3 is 0 Å². The number of nitrogens with two attached hydrogens (primary N) is 2. The summed E-state index contributed by atoms with van der Waals surface area (Å²) >= 11 is 0. The molecule has 0 heterocycles. The monoisotopic (exact) mass is 367 g/mol. The fraction of sp³-hybridized carbons (Fsp3) is 0.526. The van der Waals surface area contributed by atoms with E-state index in [9.17, 15) is 22.8 Å². The fourth-order valence-electron chi connectivity index (χ4n) is 4.74. The normalized spacial score (nSPS) is 27.5. The van der Waals surface area contributed by atoms with E-state index < -0.39 is 28.9 Å². The van der Waals surface area contributed by atoms with Gasteiger partial charge in [0.05, 0.1) is 6.54 Å². The van der Waals surface area contributed by atoms with Gasteiger partial charge in [-0.3, -0.25) is 9.59 Å². The van der Waals surface area contributed by atoms with Crippen LogP contribution in [-0.4, -0.2) is 18.2 Å². The van der Waals surface area contributed by atoms with Crippen LogP contribution in [0.4, 0.5) is 13.2 Å². The van der Waals surface area contributed by atoms with Gasteiger partial charge in [0, 0.05) is 5.92 Å². The summed E-state index contributed by atoms with van der Waals surface area (Å²) < 4.78 is 41.5. The molecule has 0 aromatic heterocycles. The Morgan fingerprint density at radius 2 is 1.73 bits per heavy atom. The third-order valence-electron chi connectivity index (χ3n) is 5.86. The number of carbonyl (C=O) groups is 2. The first-order valence-corrected chi connectivity index (χ1v) is 8.85. The molecule has 141 valence electrons. The molecule has 2 saturated carbocycles. The van der Waals surface area contributed by atoms with Crippen molar-refractivity contribution in [2.45, 2.75) is 32.1 Å². The lowest BCUT2D eigenvalue weighted by atomic mass is 9.70. The highest BCUT2D eigenvalue weighted by Gasteiger charge is 2.45. The van der Waals surface area contributed by atoms with Crippen LogP contribution in [0, 0.1) is 47.5 Å². The number of primary amides is 1. The molecule has 0 aliphatic heterocycles. The zero-order valence-corrected chi connectivity index (χ0v) is 14.3. The highest BCUT2D eigenvalue weighted by molar-refractivity contribution is 5.93. The standard InChI is InChI=1S/C19H22F3N2O2/c20-13-7-12(17(21)16(18(13)22)19(24)26)2-1-9-5-10-3-4-11(6-9)15(10)14(25)8-23/h1,7,9-11,15H,2-6,8,23H2,(H2,24,26)/t9?,10-,11+,15?. The Morgan fingerprint density at radius 1 is 1.12 bits per heavy atom. The zero-order chi connectivity index (χ0) is 19.0. The summed E-state index contributed by atoms with van der Waals surface area (Å²) in [6.45, 7) is 0.0575. The third kappa shape index (κ3) is 3.37. The number of amides is 1. The SMILES string of the molecule is NCC(=O)C1[C@@H]2CC[C@H]1CC([CH]Cc1cc(F)c(F)c(C(N)=O)c1F)C2. The molecular formula is C19H22F3N2O2. The second-order valence-corrected chi connectivity index (χ2v) is 7.35. The molecule has 7 heteroatoms. The van der Waals surface area contributed by atoms with Crippen molar-refractivity contribution >= 4 is 11.7 Å². The molecule has 2 bridgehead atoms. The number of carbonyl (C=O) groups excluding carboxylic acids is 2. The number of rotatable bonds is 6. The van der Waals surface area contributed by atoms with E-state index in [4.69, 9.17) is 11.5 Å². The molecule has 2 unspecified atom stereocenters. The molecule has 4 N–H and O–H groups in total. The van der Waals surface area contributed by atoms with Crippen molar-refractivity contribution in [3.8, 4) is 0 Å². The van der Waals surface area contributed by atoms with Gasteiger partial charge in [-0.05, 0) is 67.9 Å². The van der Waals surface area contributed by atoms with Crippen LogP contribution in [0.3, 0.4) is 0 Å². The Balaban J connectivity index is 1.70. The van der Waals surface area contributed by atoms with Crippen molar-refractivity contribution in [1.82, 2.24) is 0 Å². The lowest BCUT2D eigenvalue weighted by Crippen LogP contribution is -2.35. The highest BCUT2D eigenvalue weighted by atomic mass is 19.2. The molecule has 1 amide bonds. The van der Waals surface area contributed by atoms with Gasteiger partial charge in [-0.1, -0.05) is 0 Å². The molecule has 0 spiro atoms. The molecule has 4 nitrogen and oxygen atoms in total. The van der Waals surface area contributed by atoms with E-state index in [2.05, 4.69) is 0 Å². The summed E-state index contributed by atoms with van der Waals surface area (Å²) in [5.74, 6) is -4.44. The molecule has 1 aromatic carbocycles.